The molecule has 0 unspecified atom stereocenters. The van der Waals surface area contributed by atoms with E-state index in [4.69, 9.17) is 9.47 Å². The minimum absolute atomic E-state index is 0.367. The number of carboxylic acid groups (broad SMARTS) is 1. The molecule has 0 aromatic carbocycles. The van der Waals surface area contributed by atoms with Crippen molar-refractivity contribution in [2.45, 2.75) is 63.6 Å². The molecule has 2 N–H and O–H groups in total. The quantitative estimate of drug-likeness (QED) is 0.744. The van der Waals surface area contributed by atoms with Crippen LogP contribution in [0.4, 0.5) is 5.00 Å². The van der Waals surface area contributed by atoms with E-state index in [1.165, 1.54) is 18.4 Å². The van der Waals surface area contributed by atoms with E-state index in [1.807, 2.05) is 0 Å². The van der Waals surface area contributed by atoms with Gasteiger partial charge in [-0.05, 0) is 44.1 Å². The van der Waals surface area contributed by atoms with Crippen molar-refractivity contribution >= 4 is 34.2 Å². The highest BCUT2D eigenvalue weighted by molar-refractivity contribution is 7.17. The third-order valence-electron chi connectivity index (χ3n) is 6.16. The summed E-state index contributed by atoms with van der Waals surface area (Å²) < 4.78 is 10.7. The molecule has 4 atom stereocenters. The second-order valence-corrected chi connectivity index (χ2v) is 8.89. The van der Waals surface area contributed by atoms with Gasteiger partial charge in [-0.1, -0.05) is 12.8 Å². The third kappa shape index (κ3) is 3.33. The van der Waals surface area contributed by atoms with Crippen LogP contribution in [0.3, 0.4) is 0 Å². The first-order valence-electron chi connectivity index (χ1n) is 9.93. The molecule has 1 aromatic rings. The summed E-state index contributed by atoms with van der Waals surface area (Å²) in [6.45, 7) is 0. The molecule has 1 aromatic heterocycles. The van der Waals surface area contributed by atoms with Crippen LogP contribution in [0, 0.1) is 11.8 Å². The van der Waals surface area contributed by atoms with Crippen LogP contribution in [-0.2, 0) is 31.9 Å². The molecule has 152 valence electrons. The van der Waals surface area contributed by atoms with Crippen molar-refractivity contribution in [2.75, 3.05) is 12.4 Å². The Balaban J connectivity index is 1.63. The third-order valence-corrected chi connectivity index (χ3v) is 7.37. The van der Waals surface area contributed by atoms with Gasteiger partial charge in [0, 0.05) is 4.88 Å². The van der Waals surface area contributed by atoms with Gasteiger partial charge >= 0.3 is 11.9 Å². The Morgan fingerprint density at radius 2 is 1.75 bits per heavy atom. The van der Waals surface area contributed by atoms with Crippen molar-refractivity contribution in [3.63, 3.8) is 0 Å². The van der Waals surface area contributed by atoms with Gasteiger partial charge in [-0.3, -0.25) is 9.59 Å². The van der Waals surface area contributed by atoms with E-state index in [-0.39, 0.29) is 12.0 Å². The van der Waals surface area contributed by atoms with Gasteiger partial charge in [0.2, 0.25) is 5.91 Å². The van der Waals surface area contributed by atoms with Crippen molar-refractivity contribution < 1.29 is 29.0 Å². The monoisotopic (exact) mass is 407 g/mol. The highest BCUT2D eigenvalue weighted by Gasteiger charge is 2.55. The summed E-state index contributed by atoms with van der Waals surface area (Å²) in [4.78, 5) is 38.3. The fourth-order valence-electron chi connectivity index (χ4n) is 4.85. The van der Waals surface area contributed by atoms with Crippen molar-refractivity contribution in [3.8, 4) is 0 Å². The van der Waals surface area contributed by atoms with Gasteiger partial charge in [-0.2, -0.15) is 0 Å². The lowest BCUT2D eigenvalue weighted by Gasteiger charge is -2.23. The Bertz CT molecular complexity index is 803. The van der Waals surface area contributed by atoms with E-state index in [0.29, 0.717) is 23.4 Å². The number of thiophene rings is 1. The molecule has 0 saturated carbocycles. The minimum atomic E-state index is -1.00. The van der Waals surface area contributed by atoms with E-state index < -0.39 is 29.9 Å². The predicted octanol–water partition coefficient (Wildman–Crippen LogP) is 3.01. The molecule has 2 bridgehead atoms. The van der Waals surface area contributed by atoms with E-state index in [9.17, 15) is 19.5 Å². The van der Waals surface area contributed by atoms with Crippen molar-refractivity contribution in [2.24, 2.45) is 11.8 Å². The summed E-state index contributed by atoms with van der Waals surface area (Å²) in [5, 5.41) is 12.9. The number of hydrogen-bond acceptors (Lipinski definition) is 6. The zero-order chi connectivity index (χ0) is 19.8. The standard InChI is InChI=1S/C20H25NO6S/c1-26-20(25)14-10-6-4-2-3-5-7-13(10)28-18(14)21-17(22)15-11-8-9-12(27-11)16(15)19(23)24/h11-12,15-16H,2-9H2,1H3,(H,21,22)(H,23,24)/t11-,12+,15-,16+/m1/s1. The average Bonchev–Trinajstić information content (AvgIpc) is 3.34. The molecular formula is C20H25NO6S. The zero-order valence-corrected chi connectivity index (χ0v) is 16.7. The van der Waals surface area contributed by atoms with Gasteiger partial charge in [0.1, 0.15) is 5.00 Å². The predicted molar refractivity (Wildman–Crippen MR) is 103 cm³/mol. The maximum Gasteiger partial charge on any atom is 0.341 e. The first-order valence-corrected chi connectivity index (χ1v) is 10.7. The summed E-state index contributed by atoms with van der Waals surface area (Å²) >= 11 is 1.42. The summed E-state index contributed by atoms with van der Waals surface area (Å²) in [5.41, 5.74) is 1.42. The normalized spacial score (nSPS) is 28.9. The molecule has 2 aliphatic heterocycles. The Hall–Kier alpha value is -1.93. The van der Waals surface area contributed by atoms with Crippen LogP contribution in [0.25, 0.3) is 0 Å². The second-order valence-electron chi connectivity index (χ2n) is 7.78. The number of aryl methyl sites for hydroxylation is 1. The summed E-state index contributed by atoms with van der Waals surface area (Å²) in [6.07, 6.45) is 6.62. The van der Waals surface area contributed by atoms with Crippen LogP contribution < -0.4 is 5.32 Å². The number of carboxylic acids is 1. The largest absolute Gasteiger partial charge is 0.481 e. The lowest BCUT2D eigenvalue weighted by Crippen LogP contribution is -2.41. The SMILES string of the molecule is COC(=O)c1c(NC(=O)[C@H]2[C@@H](C(=O)O)[C@@H]3CC[C@H]2O3)sc2c1CCCCCC2. The number of carbonyl (C=O) groups is 3. The van der Waals surface area contributed by atoms with Crippen molar-refractivity contribution in [1.29, 1.82) is 0 Å². The molecule has 0 spiro atoms. The molecule has 2 saturated heterocycles. The molecular weight excluding hydrogens is 382 g/mol. The number of fused-ring (bicyclic) bond motifs is 3. The summed E-state index contributed by atoms with van der Waals surface area (Å²) in [6, 6.07) is 0. The number of methoxy groups -OCH3 is 1. The minimum Gasteiger partial charge on any atom is -0.481 e. The van der Waals surface area contributed by atoms with Gasteiger partial charge in [0.15, 0.2) is 0 Å². The van der Waals surface area contributed by atoms with E-state index in [2.05, 4.69) is 5.32 Å². The molecule has 1 amide bonds. The number of amides is 1. The van der Waals surface area contributed by atoms with Crippen LogP contribution in [-0.4, -0.2) is 42.3 Å². The maximum absolute atomic E-state index is 13.0. The van der Waals surface area contributed by atoms with Gasteiger partial charge in [0.05, 0.1) is 36.7 Å². The topological polar surface area (TPSA) is 102 Å². The summed E-state index contributed by atoms with van der Waals surface area (Å²) in [5.74, 6) is -3.39. The molecule has 8 heteroatoms. The molecule has 3 heterocycles. The van der Waals surface area contributed by atoms with Gasteiger partial charge in [0.25, 0.3) is 0 Å². The highest BCUT2D eigenvalue weighted by atomic mass is 32.1. The average molecular weight is 407 g/mol. The van der Waals surface area contributed by atoms with E-state index in [1.54, 1.807) is 0 Å². The Morgan fingerprint density at radius 1 is 1.07 bits per heavy atom. The number of rotatable bonds is 4. The molecule has 2 fully saturated rings. The Labute approximate surface area is 167 Å². The number of ether oxygens (including phenoxy) is 2. The second kappa shape index (κ2) is 7.83. The van der Waals surface area contributed by atoms with Crippen LogP contribution in [0.2, 0.25) is 0 Å². The summed E-state index contributed by atoms with van der Waals surface area (Å²) in [7, 11) is 1.34. The number of esters is 1. The number of aliphatic carboxylic acids is 1. The molecule has 7 nitrogen and oxygen atoms in total. The number of hydrogen-bond donors (Lipinski definition) is 2. The fourth-order valence-corrected chi connectivity index (χ4v) is 6.13. The number of carbonyl (C=O) groups excluding carboxylic acids is 2. The van der Waals surface area contributed by atoms with E-state index >= 15 is 0 Å². The van der Waals surface area contributed by atoms with Crippen LogP contribution in [0.1, 0.15) is 59.3 Å². The molecule has 3 aliphatic rings. The van der Waals surface area contributed by atoms with Crippen molar-refractivity contribution in [3.05, 3.63) is 16.0 Å². The molecule has 28 heavy (non-hydrogen) atoms. The zero-order valence-electron chi connectivity index (χ0n) is 15.9. The van der Waals surface area contributed by atoms with Gasteiger partial charge in [-0.25, -0.2) is 4.79 Å². The van der Waals surface area contributed by atoms with Crippen molar-refractivity contribution in [1.82, 2.24) is 0 Å². The molecule has 1 aliphatic carbocycles. The number of nitrogens with one attached hydrogen (secondary N) is 1. The Kier molecular flexibility index (Phi) is 5.42. The smallest absolute Gasteiger partial charge is 0.341 e. The Morgan fingerprint density at radius 3 is 2.43 bits per heavy atom. The molecule has 0 radical (unpaired) electrons. The van der Waals surface area contributed by atoms with Crippen LogP contribution in [0.5, 0.6) is 0 Å². The van der Waals surface area contributed by atoms with Crippen LogP contribution >= 0.6 is 11.3 Å². The highest BCUT2D eigenvalue weighted by Crippen LogP contribution is 2.45. The first-order chi connectivity index (χ1) is 13.5. The molecule has 4 rings (SSSR count). The lowest BCUT2D eigenvalue weighted by atomic mass is 9.78. The fraction of sp³-hybridized carbons (Fsp3) is 0.650. The first kappa shape index (κ1) is 19.4. The van der Waals surface area contributed by atoms with Crippen LogP contribution in [0.15, 0.2) is 0 Å². The maximum atomic E-state index is 13.0. The van der Waals surface area contributed by atoms with Gasteiger partial charge < -0.3 is 19.9 Å². The number of anilines is 1. The van der Waals surface area contributed by atoms with Gasteiger partial charge in [-0.15, -0.1) is 11.3 Å². The lowest BCUT2D eigenvalue weighted by molar-refractivity contribution is -0.147. The van der Waals surface area contributed by atoms with E-state index in [0.717, 1.165) is 49.0 Å².